The molecule has 1 atom stereocenters. The molecular formula is C11H12BrClN2O2. The summed E-state index contributed by atoms with van der Waals surface area (Å²) in [5.41, 5.74) is 0.559. The third-order valence-electron chi connectivity index (χ3n) is 2.42. The third-order valence-corrected chi connectivity index (χ3v) is 3.37. The average Bonchev–Trinajstić information content (AvgIpc) is 2.86. The van der Waals surface area contributed by atoms with Crippen molar-refractivity contribution < 1.29 is 9.52 Å². The van der Waals surface area contributed by atoms with Gasteiger partial charge in [0.15, 0.2) is 11.9 Å². The van der Waals surface area contributed by atoms with E-state index in [1.807, 2.05) is 6.92 Å². The normalized spacial score (nSPS) is 12.9. The number of hydrogen-bond donors (Lipinski definition) is 1. The lowest BCUT2D eigenvalue weighted by molar-refractivity contribution is 0.177. The Morgan fingerprint density at radius 1 is 1.65 bits per heavy atom. The number of aliphatic hydroxyl groups is 1. The van der Waals surface area contributed by atoms with Gasteiger partial charge in [-0.25, -0.2) is 0 Å². The predicted molar refractivity (Wildman–Crippen MR) is 68.0 cm³/mol. The van der Waals surface area contributed by atoms with Crippen molar-refractivity contribution in [3.8, 4) is 0 Å². The Bertz CT molecular complexity index is 509. The maximum absolute atomic E-state index is 10.3. The van der Waals surface area contributed by atoms with Gasteiger partial charge in [-0.1, -0.05) is 18.5 Å². The largest absolute Gasteiger partial charge is 0.465 e. The van der Waals surface area contributed by atoms with Gasteiger partial charge in [0.1, 0.15) is 0 Å². The summed E-state index contributed by atoms with van der Waals surface area (Å²) in [5, 5.41) is 14.8. The van der Waals surface area contributed by atoms with Crippen LogP contribution in [0.1, 0.15) is 30.9 Å². The second-order valence-electron chi connectivity index (χ2n) is 3.64. The highest BCUT2D eigenvalue weighted by molar-refractivity contribution is 9.10. The summed E-state index contributed by atoms with van der Waals surface area (Å²) < 4.78 is 7.65. The molecule has 0 aliphatic carbocycles. The minimum atomic E-state index is -0.916. The zero-order valence-corrected chi connectivity index (χ0v) is 11.6. The quantitative estimate of drug-likeness (QED) is 0.940. The van der Waals surface area contributed by atoms with E-state index in [-0.39, 0.29) is 0 Å². The smallest absolute Gasteiger partial charge is 0.156 e. The topological polar surface area (TPSA) is 51.2 Å². The number of aliphatic hydroxyl groups excluding tert-OH is 1. The van der Waals surface area contributed by atoms with Gasteiger partial charge in [0.25, 0.3) is 0 Å². The molecule has 0 aliphatic heterocycles. The zero-order chi connectivity index (χ0) is 12.4. The van der Waals surface area contributed by atoms with Gasteiger partial charge in [0.05, 0.1) is 27.6 Å². The molecule has 2 rings (SSSR count). The number of rotatable bonds is 4. The van der Waals surface area contributed by atoms with Crippen molar-refractivity contribution in [1.82, 2.24) is 9.78 Å². The fourth-order valence-corrected chi connectivity index (χ4v) is 2.32. The minimum Gasteiger partial charge on any atom is -0.465 e. The SMILES string of the molecule is CCCn1ncc(Cl)c1C(O)c1occc1Br. The molecule has 0 amide bonds. The first-order valence-corrected chi connectivity index (χ1v) is 6.44. The van der Waals surface area contributed by atoms with Crippen molar-refractivity contribution in [3.63, 3.8) is 0 Å². The van der Waals surface area contributed by atoms with Gasteiger partial charge in [0.2, 0.25) is 0 Å². The molecule has 92 valence electrons. The molecule has 0 aliphatic rings. The van der Waals surface area contributed by atoms with Crippen molar-refractivity contribution in [2.45, 2.75) is 26.0 Å². The molecule has 1 unspecified atom stereocenters. The van der Waals surface area contributed by atoms with E-state index in [1.54, 1.807) is 10.7 Å². The van der Waals surface area contributed by atoms with Crippen LogP contribution in [-0.2, 0) is 6.54 Å². The van der Waals surface area contributed by atoms with Gasteiger partial charge < -0.3 is 9.52 Å². The fraction of sp³-hybridized carbons (Fsp3) is 0.364. The fourth-order valence-electron chi connectivity index (χ4n) is 1.66. The molecule has 0 fully saturated rings. The predicted octanol–water partition coefficient (Wildman–Crippen LogP) is 3.38. The summed E-state index contributed by atoms with van der Waals surface area (Å²) >= 11 is 9.36. The van der Waals surface area contributed by atoms with Crippen LogP contribution in [0, 0.1) is 0 Å². The van der Waals surface area contributed by atoms with Crippen LogP contribution in [0.2, 0.25) is 5.02 Å². The highest BCUT2D eigenvalue weighted by Gasteiger charge is 2.24. The van der Waals surface area contributed by atoms with Gasteiger partial charge in [-0.3, -0.25) is 4.68 Å². The zero-order valence-electron chi connectivity index (χ0n) is 9.23. The van der Waals surface area contributed by atoms with Crippen LogP contribution in [0.15, 0.2) is 27.4 Å². The van der Waals surface area contributed by atoms with Crippen molar-refractivity contribution in [1.29, 1.82) is 0 Å². The molecule has 0 saturated carbocycles. The second-order valence-corrected chi connectivity index (χ2v) is 4.90. The van der Waals surface area contributed by atoms with Crippen molar-refractivity contribution in [2.24, 2.45) is 0 Å². The summed E-state index contributed by atoms with van der Waals surface area (Å²) in [6.45, 7) is 2.74. The van der Waals surface area contributed by atoms with E-state index in [1.165, 1.54) is 12.5 Å². The monoisotopic (exact) mass is 318 g/mol. The van der Waals surface area contributed by atoms with Gasteiger partial charge in [0, 0.05) is 6.54 Å². The molecule has 17 heavy (non-hydrogen) atoms. The Morgan fingerprint density at radius 3 is 3.00 bits per heavy atom. The van der Waals surface area contributed by atoms with E-state index >= 15 is 0 Å². The Morgan fingerprint density at radius 2 is 2.41 bits per heavy atom. The first-order chi connectivity index (χ1) is 8.15. The van der Waals surface area contributed by atoms with Gasteiger partial charge in [-0.05, 0) is 28.4 Å². The molecule has 0 aromatic carbocycles. The standard InChI is InChI=1S/C11H12BrClN2O2/c1-2-4-15-9(8(13)6-14-15)10(16)11-7(12)3-5-17-11/h3,5-6,10,16H,2,4H2,1H3. The van der Waals surface area contributed by atoms with E-state index < -0.39 is 6.10 Å². The number of aromatic nitrogens is 2. The van der Waals surface area contributed by atoms with E-state index in [0.717, 1.165) is 6.42 Å². The molecular weight excluding hydrogens is 307 g/mol. The maximum Gasteiger partial charge on any atom is 0.156 e. The molecule has 2 aromatic heterocycles. The van der Waals surface area contributed by atoms with E-state index in [2.05, 4.69) is 21.0 Å². The summed E-state index contributed by atoms with van der Waals surface area (Å²) in [4.78, 5) is 0. The summed E-state index contributed by atoms with van der Waals surface area (Å²) in [6, 6.07) is 1.73. The first-order valence-electron chi connectivity index (χ1n) is 5.27. The minimum absolute atomic E-state index is 0.435. The number of nitrogens with zero attached hydrogens (tertiary/aromatic N) is 2. The number of aryl methyl sites for hydroxylation is 1. The maximum atomic E-state index is 10.3. The lowest BCUT2D eigenvalue weighted by atomic mass is 10.2. The van der Waals surface area contributed by atoms with Gasteiger partial charge in [-0.2, -0.15) is 5.10 Å². The van der Waals surface area contributed by atoms with Crippen LogP contribution in [0.3, 0.4) is 0 Å². The van der Waals surface area contributed by atoms with Crippen molar-refractivity contribution in [3.05, 3.63) is 39.5 Å². The number of furan rings is 1. The lowest BCUT2D eigenvalue weighted by Crippen LogP contribution is -2.10. The van der Waals surface area contributed by atoms with Crippen LogP contribution < -0.4 is 0 Å². The summed E-state index contributed by atoms with van der Waals surface area (Å²) in [7, 11) is 0. The summed E-state index contributed by atoms with van der Waals surface area (Å²) in [6.07, 6.45) is 3.04. The van der Waals surface area contributed by atoms with Crippen LogP contribution in [0.4, 0.5) is 0 Å². The Hall–Kier alpha value is -0.780. The van der Waals surface area contributed by atoms with Gasteiger partial charge in [-0.15, -0.1) is 0 Å². The second kappa shape index (κ2) is 5.25. The van der Waals surface area contributed by atoms with E-state index in [0.29, 0.717) is 27.5 Å². The number of hydrogen-bond acceptors (Lipinski definition) is 3. The van der Waals surface area contributed by atoms with Crippen molar-refractivity contribution in [2.75, 3.05) is 0 Å². The van der Waals surface area contributed by atoms with Crippen LogP contribution in [-0.4, -0.2) is 14.9 Å². The molecule has 2 heterocycles. The Kier molecular flexibility index (Phi) is 3.91. The first kappa shape index (κ1) is 12.7. The van der Waals surface area contributed by atoms with E-state index in [4.69, 9.17) is 16.0 Å². The average molecular weight is 320 g/mol. The van der Waals surface area contributed by atoms with E-state index in [9.17, 15) is 5.11 Å². The molecule has 0 radical (unpaired) electrons. The Balaban J connectivity index is 2.39. The lowest BCUT2D eigenvalue weighted by Gasteiger charge is -2.12. The highest BCUT2D eigenvalue weighted by atomic mass is 79.9. The third kappa shape index (κ3) is 2.41. The van der Waals surface area contributed by atoms with Crippen LogP contribution in [0.5, 0.6) is 0 Å². The van der Waals surface area contributed by atoms with Crippen molar-refractivity contribution >= 4 is 27.5 Å². The molecule has 0 bridgehead atoms. The van der Waals surface area contributed by atoms with Crippen LogP contribution in [0.25, 0.3) is 0 Å². The summed E-state index contributed by atoms with van der Waals surface area (Å²) in [5.74, 6) is 0.435. The molecule has 0 spiro atoms. The number of halogens is 2. The highest BCUT2D eigenvalue weighted by Crippen LogP contribution is 2.32. The molecule has 2 aromatic rings. The van der Waals surface area contributed by atoms with Gasteiger partial charge >= 0.3 is 0 Å². The van der Waals surface area contributed by atoms with Crippen LogP contribution >= 0.6 is 27.5 Å². The Labute approximate surface area is 112 Å². The molecule has 4 nitrogen and oxygen atoms in total. The molecule has 0 saturated heterocycles. The molecule has 6 heteroatoms. The molecule has 1 N–H and O–H groups in total.